The summed E-state index contributed by atoms with van der Waals surface area (Å²) in [6, 6.07) is 6.56. The van der Waals surface area contributed by atoms with Crippen LogP contribution in [0.25, 0.3) is 0 Å². The topological polar surface area (TPSA) is 21.3 Å². The van der Waals surface area contributed by atoms with Crippen molar-refractivity contribution in [1.29, 1.82) is 0 Å². The SMILES string of the molecule is CNC1(c2ccc(F)cc2)COC1. The lowest BCUT2D eigenvalue weighted by Crippen LogP contribution is -2.56. The van der Waals surface area contributed by atoms with Crippen LogP contribution in [0.4, 0.5) is 4.39 Å². The molecule has 1 aromatic carbocycles. The van der Waals surface area contributed by atoms with E-state index in [4.69, 9.17) is 4.74 Å². The van der Waals surface area contributed by atoms with Gasteiger partial charge < -0.3 is 10.1 Å². The summed E-state index contributed by atoms with van der Waals surface area (Å²) in [7, 11) is 1.89. The molecule has 3 heteroatoms. The fourth-order valence-electron chi connectivity index (χ4n) is 1.53. The van der Waals surface area contributed by atoms with Crippen LogP contribution in [0.3, 0.4) is 0 Å². The smallest absolute Gasteiger partial charge is 0.123 e. The van der Waals surface area contributed by atoms with Crippen LogP contribution in [-0.4, -0.2) is 20.3 Å². The number of nitrogens with one attached hydrogen (secondary N) is 1. The third kappa shape index (κ3) is 1.34. The van der Waals surface area contributed by atoms with E-state index in [2.05, 4.69) is 5.32 Å². The van der Waals surface area contributed by atoms with Gasteiger partial charge in [0, 0.05) is 0 Å². The van der Waals surface area contributed by atoms with Gasteiger partial charge in [-0.2, -0.15) is 0 Å². The van der Waals surface area contributed by atoms with Gasteiger partial charge in [0.15, 0.2) is 0 Å². The van der Waals surface area contributed by atoms with Crippen LogP contribution < -0.4 is 5.32 Å². The highest BCUT2D eigenvalue weighted by Gasteiger charge is 2.38. The lowest BCUT2D eigenvalue weighted by molar-refractivity contribution is -0.0748. The van der Waals surface area contributed by atoms with Gasteiger partial charge in [0.1, 0.15) is 5.82 Å². The van der Waals surface area contributed by atoms with E-state index in [-0.39, 0.29) is 11.4 Å². The Morgan fingerprint density at radius 3 is 2.31 bits per heavy atom. The molecule has 0 atom stereocenters. The first kappa shape index (κ1) is 8.66. The second-order valence-corrected chi connectivity index (χ2v) is 3.33. The molecule has 0 amide bonds. The average molecular weight is 181 g/mol. The first-order chi connectivity index (χ1) is 6.27. The van der Waals surface area contributed by atoms with E-state index in [1.165, 1.54) is 12.1 Å². The minimum Gasteiger partial charge on any atom is -0.377 e. The second-order valence-electron chi connectivity index (χ2n) is 3.33. The van der Waals surface area contributed by atoms with Crippen LogP contribution in [0.15, 0.2) is 24.3 Å². The number of rotatable bonds is 2. The Kier molecular flexibility index (Phi) is 2.06. The van der Waals surface area contributed by atoms with Gasteiger partial charge in [-0.05, 0) is 24.7 Å². The lowest BCUT2D eigenvalue weighted by Gasteiger charge is -2.41. The highest BCUT2D eigenvalue weighted by atomic mass is 19.1. The van der Waals surface area contributed by atoms with E-state index < -0.39 is 0 Å². The van der Waals surface area contributed by atoms with Crippen LogP contribution in [0.1, 0.15) is 5.56 Å². The molecule has 2 rings (SSSR count). The number of halogens is 1. The van der Waals surface area contributed by atoms with E-state index in [0.717, 1.165) is 5.56 Å². The quantitative estimate of drug-likeness (QED) is 0.741. The molecule has 0 radical (unpaired) electrons. The molecule has 2 nitrogen and oxygen atoms in total. The fraction of sp³-hybridized carbons (Fsp3) is 0.400. The minimum absolute atomic E-state index is 0.0896. The van der Waals surface area contributed by atoms with Gasteiger partial charge in [0.05, 0.1) is 18.8 Å². The zero-order valence-electron chi connectivity index (χ0n) is 7.51. The maximum absolute atomic E-state index is 12.6. The summed E-state index contributed by atoms with van der Waals surface area (Å²) in [5.74, 6) is -0.199. The number of hydrogen-bond donors (Lipinski definition) is 1. The summed E-state index contributed by atoms with van der Waals surface area (Å²) in [6.07, 6.45) is 0. The van der Waals surface area contributed by atoms with Gasteiger partial charge in [-0.25, -0.2) is 4.39 Å². The summed E-state index contributed by atoms with van der Waals surface area (Å²) in [6.45, 7) is 1.32. The number of benzene rings is 1. The third-order valence-corrected chi connectivity index (χ3v) is 2.57. The zero-order valence-corrected chi connectivity index (χ0v) is 7.51. The highest BCUT2D eigenvalue weighted by Crippen LogP contribution is 2.28. The van der Waals surface area contributed by atoms with Crippen molar-refractivity contribution in [2.24, 2.45) is 0 Å². The predicted octanol–water partition coefficient (Wildman–Crippen LogP) is 1.27. The normalized spacial score (nSPS) is 19.5. The fourth-order valence-corrected chi connectivity index (χ4v) is 1.53. The van der Waals surface area contributed by atoms with Gasteiger partial charge in [-0.3, -0.25) is 0 Å². The molecule has 1 aliphatic heterocycles. The van der Waals surface area contributed by atoms with E-state index in [9.17, 15) is 4.39 Å². The molecule has 1 aliphatic rings. The maximum atomic E-state index is 12.6. The van der Waals surface area contributed by atoms with Crippen LogP contribution in [0, 0.1) is 5.82 Å². The van der Waals surface area contributed by atoms with Gasteiger partial charge in [0.2, 0.25) is 0 Å². The molecule has 0 aromatic heterocycles. The number of ether oxygens (including phenoxy) is 1. The lowest BCUT2D eigenvalue weighted by atomic mass is 9.88. The zero-order chi connectivity index (χ0) is 9.31. The summed E-state index contributed by atoms with van der Waals surface area (Å²) in [4.78, 5) is 0. The molecule has 70 valence electrons. The van der Waals surface area contributed by atoms with Gasteiger partial charge in [-0.1, -0.05) is 12.1 Å². The molecular weight excluding hydrogens is 169 g/mol. The third-order valence-electron chi connectivity index (χ3n) is 2.57. The first-order valence-electron chi connectivity index (χ1n) is 4.29. The molecular formula is C10H12FNO. The molecule has 0 bridgehead atoms. The molecule has 1 N–H and O–H groups in total. The molecule has 1 aromatic rings. The van der Waals surface area contributed by atoms with Crippen molar-refractivity contribution in [3.63, 3.8) is 0 Å². The van der Waals surface area contributed by atoms with Crippen molar-refractivity contribution in [3.8, 4) is 0 Å². The Morgan fingerprint density at radius 1 is 1.31 bits per heavy atom. The Morgan fingerprint density at radius 2 is 1.92 bits per heavy atom. The molecule has 13 heavy (non-hydrogen) atoms. The number of likely N-dealkylation sites (N-methyl/N-ethyl adjacent to an activating group) is 1. The van der Waals surface area contributed by atoms with Crippen LogP contribution in [0.2, 0.25) is 0 Å². The monoisotopic (exact) mass is 181 g/mol. The molecule has 0 spiro atoms. The molecule has 0 unspecified atom stereocenters. The van der Waals surface area contributed by atoms with E-state index >= 15 is 0 Å². The van der Waals surface area contributed by atoms with Gasteiger partial charge in [-0.15, -0.1) is 0 Å². The van der Waals surface area contributed by atoms with Crippen molar-refractivity contribution in [3.05, 3.63) is 35.6 Å². The van der Waals surface area contributed by atoms with Crippen LogP contribution in [-0.2, 0) is 10.3 Å². The average Bonchev–Trinajstić information content (AvgIpc) is 2.07. The molecule has 0 aliphatic carbocycles. The van der Waals surface area contributed by atoms with Crippen LogP contribution in [0.5, 0.6) is 0 Å². The minimum atomic E-state index is -0.199. The summed E-state index contributed by atoms with van der Waals surface area (Å²) in [5.41, 5.74) is 0.996. The summed E-state index contributed by atoms with van der Waals surface area (Å²) >= 11 is 0. The Labute approximate surface area is 76.7 Å². The highest BCUT2D eigenvalue weighted by molar-refractivity contribution is 5.27. The van der Waals surface area contributed by atoms with Gasteiger partial charge >= 0.3 is 0 Å². The van der Waals surface area contributed by atoms with E-state index in [1.807, 2.05) is 7.05 Å². The summed E-state index contributed by atoms with van der Waals surface area (Å²) in [5, 5.41) is 3.20. The standard InChI is InChI=1S/C10H12FNO/c1-12-10(6-13-7-10)8-2-4-9(11)5-3-8/h2-5,12H,6-7H2,1H3. The molecule has 1 heterocycles. The van der Waals surface area contributed by atoms with Crippen molar-refractivity contribution in [2.75, 3.05) is 20.3 Å². The molecule has 1 saturated heterocycles. The number of hydrogen-bond acceptors (Lipinski definition) is 2. The predicted molar refractivity (Wildman–Crippen MR) is 48.0 cm³/mol. The maximum Gasteiger partial charge on any atom is 0.123 e. The van der Waals surface area contributed by atoms with E-state index in [0.29, 0.717) is 13.2 Å². The Hall–Kier alpha value is -0.930. The molecule has 0 saturated carbocycles. The summed E-state index contributed by atoms with van der Waals surface area (Å²) < 4.78 is 17.8. The largest absolute Gasteiger partial charge is 0.377 e. The van der Waals surface area contributed by atoms with Crippen molar-refractivity contribution >= 4 is 0 Å². The van der Waals surface area contributed by atoms with Crippen molar-refractivity contribution in [2.45, 2.75) is 5.54 Å². The van der Waals surface area contributed by atoms with Crippen molar-refractivity contribution in [1.82, 2.24) is 5.32 Å². The van der Waals surface area contributed by atoms with Crippen molar-refractivity contribution < 1.29 is 9.13 Å². The Bertz CT molecular complexity index is 287. The second kappa shape index (κ2) is 3.09. The Balaban J connectivity index is 2.28. The van der Waals surface area contributed by atoms with Gasteiger partial charge in [0.25, 0.3) is 0 Å². The van der Waals surface area contributed by atoms with Crippen LogP contribution >= 0.6 is 0 Å². The van der Waals surface area contributed by atoms with E-state index in [1.54, 1.807) is 12.1 Å². The first-order valence-corrected chi connectivity index (χ1v) is 4.29. The molecule has 1 fully saturated rings.